The van der Waals surface area contributed by atoms with Crippen LogP contribution in [0.15, 0.2) is 36.8 Å². The summed E-state index contributed by atoms with van der Waals surface area (Å²) in [6, 6.07) is 8.00. The molecule has 0 aliphatic carbocycles. The van der Waals surface area contributed by atoms with E-state index in [1.165, 1.54) is 10.9 Å². The molecular formula is C18H23N5O. The Morgan fingerprint density at radius 2 is 2.21 bits per heavy atom. The summed E-state index contributed by atoms with van der Waals surface area (Å²) in [5, 5.41) is 8.41. The minimum absolute atomic E-state index is 0.0267. The van der Waals surface area contributed by atoms with Crippen molar-refractivity contribution in [1.29, 1.82) is 0 Å². The van der Waals surface area contributed by atoms with Crippen LogP contribution in [-0.4, -0.2) is 25.7 Å². The number of H-pyrrole nitrogens is 1. The molecular weight excluding hydrogens is 302 g/mol. The first-order chi connectivity index (χ1) is 11.7. The molecule has 1 atom stereocenters. The molecule has 6 heteroatoms. The second-order valence-corrected chi connectivity index (χ2v) is 5.99. The van der Waals surface area contributed by atoms with Crippen molar-refractivity contribution in [3.63, 3.8) is 0 Å². The van der Waals surface area contributed by atoms with Gasteiger partial charge >= 0.3 is 0 Å². The SMILES string of the molecule is CCCn1ncnc1[C@H](C)NC(=O)CCc1c[nH]c2ccccc12. The van der Waals surface area contributed by atoms with Gasteiger partial charge in [-0.3, -0.25) is 4.79 Å². The lowest BCUT2D eigenvalue weighted by Gasteiger charge is -2.14. The van der Waals surface area contributed by atoms with Crippen molar-refractivity contribution in [3.05, 3.63) is 48.2 Å². The average molecular weight is 325 g/mol. The summed E-state index contributed by atoms with van der Waals surface area (Å²) < 4.78 is 1.85. The van der Waals surface area contributed by atoms with E-state index in [9.17, 15) is 4.79 Å². The number of nitrogens with zero attached hydrogens (tertiary/aromatic N) is 3. The predicted octanol–water partition coefficient (Wildman–Crippen LogP) is 2.98. The van der Waals surface area contributed by atoms with Crippen LogP contribution < -0.4 is 5.32 Å². The molecule has 2 aromatic heterocycles. The van der Waals surface area contributed by atoms with Gasteiger partial charge in [-0.2, -0.15) is 5.10 Å². The average Bonchev–Trinajstić information content (AvgIpc) is 3.20. The number of amides is 1. The first-order valence-corrected chi connectivity index (χ1v) is 8.41. The van der Waals surface area contributed by atoms with E-state index in [0.717, 1.165) is 24.3 Å². The molecule has 0 saturated carbocycles. The van der Waals surface area contributed by atoms with Gasteiger partial charge in [0.05, 0.1) is 6.04 Å². The summed E-state index contributed by atoms with van der Waals surface area (Å²) in [7, 11) is 0. The topological polar surface area (TPSA) is 75.6 Å². The Morgan fingerprint density at radius 1 is 1.38 bits per heavy atom. The number of aromatic amines is 1. The molecule has 0 fully saturated rings. The van der Waals surface area contributed by atoms with E-state index in [1.54, 1.807) is 6.33 Å². The number of benzene rings is 1. The van der Waals surface area contributed by atoms with Crippen LogP contribution in [0, 0.1) is 0 Å². The first-order valence-electron chi connectivity index (χ1n) is 8.41. The Morgan fingerprint density at radius 3 is 3.04 bits per heavy atom. The Labute approximate surface area is 141 Å². The predicted molar refractivity (Wildman–Crippen MR) is 93.5 cm³/mol. The molecule has 0 spiro atoms. The number of rotatable bonds is 7. The maximum Gasteiger partial charge on any atom is 0.220 e. The van der Waals surface area contributed by atoms with Gasteiger partial charge in [0.25, 0.3) is 0 Å². The number of hydrogen-bond acceptors (Lipinski definition) is 3. The van der Waals surface area contributed by atoms with Crippen LogP contribution in [0.3, 0.4) is 0 Å². The van der Waals surface area contributed by atoms with Crippen molar-refractivity contribution >= 4 is 16.8 Å². The maximum atomic E-state index is 12.3. The summed E-state index contributed by atoms with van der Waals surface area (Å²) in [5.41, 5.74) is 2.27. The molecule has 24 heavy (non-hydrogen) atoms. The Hall–Kier alpha value is -2.63. The fourth-order valence-corrected chi connectivity index (χ4v) is 2.96. The molecule has 0 aliphatic heterocycles. The quantitative estimate of drug-likeness (QED) is 0.701. The number of para-hydroxylation sites is 1. The van der Waals surface area contributed by atoms with E-state index in [2.05, 4.69) is 33.4 Å². The lowest BCUT2D eigenvalue weighted by atomic mass is 10.1. The highest BCUT2D eigenvalue weighted by atomic mass is 16.1. The zero-order chi connectivity index (χ0) is 16.9. The number of carbonyl (C=O) groups excluding carboxylic acids is 1. The number of nitrogens with one attached hydrogen (secondary N) is 2. The highest BCUT2D eigenvalue weighted by molar-refractivity contribution is 5.84. The van der Waals surface area contributed by atoms with Gasteiger partial charge in [0.15, 0.2) is 0 Å². The van der Waals surface area contributed by atoms with Crippen molar-refractivity contribution in [2.45, 2.75) is 45.7 Å². The second-order valence-electron chi connectivity index (χ2n) is 5.99. The second kappa shape index (κ2) is 7.29. The molecule has 0 unspecified atom stereocenters. The van der Waals surface area contributed by atoms with E-state index in [4.69, 9.17) is 0 Å². The smallest absolute Gasteiger partial charge is 0.220 e. The van der Waals surface area contributed by atoms with Crippen LogP contribution in [0.2, 0.25) is 0 Å². The van der Waals surface area contributed by atoms with Crippen LogP contribution in [0.5, 0.6) is 0 Å². The van der Waals surface area contributed by atoms with Gasteiger partial charge in [0, 0.05) is 30.1 Å². The van der Waals surface area contributed by atoms with E-state index >= 15 is 0 Å². The minimum atomic E-state index is -0.144. The summed E-state index contributed by atoms with van der Waals surface area (Å²) >= 11 is 0. The van der Waals surface area contributed by atoms with Gasteiger partial charge < -0.3 is 10.3 Å². The van der Waals surface area contributed by atoms with Crippen molar-refractivity contribution in [2.24, 2.45) is 0 Å². The zero-order valence-electron chi connectivity index (χ0n) is 14.1. The summed E-state index contributed by atoms with van der Waals surface area (Å²) in [6.07, 6.45) is 5.68. The number of aromatic nitrogens is 4. The fraction of sp³-hybridized carbons (Fsp3) is 0.389. The molecule has 0 bridgehead atoms. The summed E-state index contributed by atoms with van der Waals surface area (Å²) in [5.74, 6) is 0.830. The summed E-state index contributed by atoms with van der Waals surface area (Å²) in [4.78, 5) is 19.8. The van der Waals surface area contributed by atoms with Gasteiger partial charge in [0.1, 0.15) is 12.2 Å². The number of hydrogen-bond donors (Lipinski definition) is 2. The van der Waals surface area contributed by atoms with E-state index in [1.807, 2.05) is 36.0 Å². The van der Waals surface area contributed by atoms with Crippen molar-refractivity contribution in [3.8, 4) is 0 Å². The normalized spacial score (nSPS) is 12.4. The molecule has 2 heterocycles. The van der Waals surface area contributed by atoms with Crippen molar-refractivity contribution in [2.75, 3.05) is 0 Å². The third-order valence-corrected chi connectivity index (χ3v) is 4.14. The fourth-order valence-electron chi connectivity index (χ4n) is 2.96. The molecule has 2 N–H and O–H groups in total. The number of carbonyl (C=O) groups is 1. The molecule has 6 nitrogen and oxygen atoms in total. The van der Waals surface area contributed by atoms with Gasteiger partial charge in [-0.1, -0.05) is 25.1 Å². The standard InChI is InChI=1S/C18H23N5O/c1-3-10-23-18(20-12-21-23)13(2)22-17(24)9-8-14-11-19-16-7-5-4-6-15(14)16/h4-7,11-13,19H,3,8-10H2,1-2H3,(H,22,24)/t13-/m0/s1. The molecule has 126 valence electrons. The number of aryl methyl sites for hydroxylation is 2. The van der Waals surface area contributed by atoms with Crippen molar-refractivity contribution < 1.29 is 4.79 Å². The van der Waals surface area contributed by atoms with Gasteiger partial charge in [-0.05, 0) is 31.4 Å². The Balaban J connectivity index is 1.58. The highest BCUT2D eigenvalue weighted by Crippen LogP contribution is 2.19. The molecule has 3 aromatic rings. The monoisotopic (exact) mass is 325 g/mol. The van der Waals surface area contributed by atoms with Gasteiger partial charge in [-0.25, -0.2) is 9.67 Å². The largest absolute Gasteiger partial charge is 0.361 e. The lowest BCUT2D eigenvalue weighted by molar-refractivity contribution is -0.121. The molecule has 0 aliphatic rings. The molecule has 0 saturated heterocycles. The third-order valence-electron chi connectivity index (χ3n) is 4.14. The van der Waals surface area contributed by atoms with E-state index in [-0.39, 0.29) is 11.9 Å². The maximum absolute atomic E-state index is 12.3. The van der Waals surface area contributed by atoms with Crippen LogP contribution in [0.25, 0.3) is 10.9 Å². The lowest BCUT2D eigenvalue weighted by Crippen LogP contribution is -2.29. The van der Waals surface area contributed by atoms with Crippen LogP contribution >= 0.6 is 0 Å². The van der Waals surface area contributed by atoms with Gasteiger partial charge in [-0.15, -0.1) is 0 Å². The summed E-state index contributed by atoms with van der Waals surface area (Å²) in [6.45, 7) is 4.85. The van der Waals surface area contributed by atoms with Crippen LogP contribution in [0.4, 0.5) is 0 Å². The van der Waals surface area contributed by atoms with Crippen LogP contribution in [-0.2, 0) is 17.8 Å². The number of fused-ring (bicyclic) bond motifs is 1. The molecule has 1 amide bonds. The Bertz CT molecular complexity index is 820. The Kier molecular flexibility index (Phi) is 4.93. The van der Waals surface area contributed by atoms with E-state index < -0.39 is 0 Å². The molecule has 3 rings (SSSR count). The van der Waals surface area contributed by atoms with Crippen LogP contribution in [0.1, 0.15) is 44.1 Å². The molecule has 0 radical (unpaired) electrons. The van der Waals surface area contributed by atoms with Crippen molar-refractivity contribution in [1.82, 2.24) is 25.1 Å². The molecule has 1 aromatic carbocycles. The minimum Gasteiger partial charge on any atom is -0.361 e. The zero-order valence-corrected chi connectivity index (χ0v) is 14.1. The van der Waals surface area contributed by atoms with E-state index in [0.29, 0.717) is 12.8 Å². The first kappa shape index (κ1) is 16.2. The van der Waals surface area contributed by atoms with Gasteiger partial charge in [0.2, 0.25) is 5.91 Å². The third kappa shape index (κ3) is 3.48. The highest BCUT2D eigenvalue weighted by Gasteiger charge is 2.15.